The van der Waals surface area contributed by atoms with Crippen LogP contribution in [0.15, 0.2) is 33.1 Å². The van der Waals surface area contributed by atoms with Gasteiger partial charge in [0.05, 0.1) is 0 Å². The van der Waals surface area contributed by atoms with Crippen molar-refractivity contribution in [1.29, 1.82) is 0 Å². The Morgan fingerprint density at radius 3 is 1.95 bits per heavy atom. The van der Waals surface area contributed by atoms with E-state index < -0.39 is 23.8 Å². The highest BCUT2D eigenvalue weighted by molar-refractivity contribution is 5.85. The van der Waals surface area contributed by atoms with Crippen LogP contribution in [0.25, 0.3) is 0 Å². The summed E-state index contributed by atoms with van der Waals surface area (Å²) in [5, 5.41) is 26.7. The normalized spacial score (nSPS) is 12.0. The van der Waals surface area contributed by atoms with Crippen molar-refractivity contribution in [2.75, 3.05) is 0 Å². The van der Waals surface area contributed by atoms with Gasteiger partial charge in [-0.2, -0.15) is 0 Å². The van der Waals surface area contributed by atoms with Crippen molar-refractivity contribution >= 4 is 17.9 Å². The van der Waals surface area contributed by atoms with Crippen molar-refractivity contribution in [2.45, 2.75) is 12.3 Å². The molecule has 110 valence electrons. The summed E-state index contributed by atoms with van der Waals surface area (Å²) in [6.07, 6.45) is -0.158. The van der Waals surface area contributed by atoms with Crippen LogP contribution in [0, 0.1) is 0 Å². The molecule has 2 aromatic rings. The fourth-order valence-corrected chi connectivity index (χ4v) is 1.77. The molecule has 8 nitrogen and oxygen atoms in total. The highest BCUT2D eigenvalue weighted by atomic mass is 16.4. The number of furan rings is 2. The second-order valence-electron chi connectivity index (χ2n) is 4.17. The summed E-state index contributed by atoms with van der Waals surface area (Å²) in [6.45, 7) is 0. The zero-order valence-corrected chi connectivity index (χ0v) is 10.5. The number of aromatic carboxylic acids is 2. The van der Waals surface area contributed by atoms with Gasteiger partial charge in [-0.15, -0.1) is 0 Å². The topological polar surface area (TPSA) is 138 Å². The fourth-order valence-electron chi connectivity index (χ4n) is 1.77. The summed E-state index contributed by atoms with van der Waals surface area (Å²) < 4.78 is 9.94. The third kappa shape index (κ3) is 3.11. The van der Waals surface area contributed by atoms with Gasteiger partial charge in [-0.1, -0.05) is 0 Å². The summed E-state index contributed by atoms with van der Waals surface area (Å²) >= 11 is 0. The standard InChI is InChI=1S/C13H10O8/c14-11(15)7(8-3-4-10(21-8)13(18)19)5-6-1-2-9(20-6)12(16)17/h1-4,7H,5H2,(H,14,15)(H,16,17)(H,18,19). The van der Waals surface area contributed by atoms with E-state index in [0.717, 1.165) is 6.07 Å². The molecule has 2 aromatic heterocycles. The van der Waals surface area contributed by atoms with E-state index >= 15 is 0 Å². The van der Waals surface area contributed by atoms with Crippen molar-refractivity contribution in [3.63, 3.8) is 0 Å². The molecule has 3 N–H and O–H groups in total. The molecule has 0 aliphatic rings. The number of rotatable bonds is 6. The molecule has 0 aliphatic heterocycles. The van der Waals surface area contributed by atoms with Crippen LogP contribution < -0.4 is 0 Å². The van der Waals surface area contributed by atoms with Crippen LogP contribution in [0.1, 0.15) is 38.5 Å². The second-order valence-corrected chi connectivity index (χ2v) is 4.17. The van der Waals surface area contributed by atoms with Gasteiger partial charge in [-0.25, -0.2) is 9.59 Å². The maximum absolute atomic E-state index is 11.3. The van der Waals surface area contributed by atoms with Crippen LogP contribution >= 0.6 is 0 Å². The second kappa shape index (κ2) is 5.53. The third-order valence-corrected chi connectivity index (χ3v) is 2.76. The Morgan fingerprint density at radius 1 is 0.905 bits per heavy atom. The first kappa shape index (κ1) is 14.4. The van der Waals surface area contributed by atoms with E-state index in [0.29, 0.717) is 0 Å². The number of hydrogen-bond donors (Lipinski definition) is 3. The Kier molecular flexibility index (Phi) is 3.79. The van der Waals surface area contributed by atoms with Crippen LogP contribution in [0.5, 0.6) is 0 Å². The van der Waals surface area contributed by atoms with E-state index in [4.69, 9.17) is 19.0 Å². The lowest BCUT2D eigenvalue weighted by Crippen LogP contribution is -2.13. The van der Waals surface area contributed by atoms with Gasteiger partial charge in [0.25, 0.3) is 0 Å². The molecular weight excluding hydrogens is 284 g/mol. The summed E-state index contributed by atoms with van der Waals surface area (Å²) in [6, 6.07) is 4.96. The maximum Gasteiger partial charge on any atom is 0.371 e. The largest absolute Gasteiger partial charge is 0.481 e. The molecule has 2 heterocycles. The summed E-state index contributed by atoms with van der Waals surface area (Å²) in [7, 11) is 0. The van der Waals surface area contributed by atoms with Crippen molar-refractivity contribution in [2.24, 2.45) is 0 Å². The molecule has 1 atom stereocenters. The Labute approximate surface area is 117 Å². The number of carbonyl (C=O) groups is 3. The Bertz CT molecular complexity index is 693. The van der Waals surface area contributed by atoms with Crippen molar-refractivity contribution in [3.05, 3.63) is 47.3 Å². The van der Waals surface area contributed by atoms with Gasteiger partial charge in [0.1, 0.15) is 17.4 Å². The third-order valence-electron chi connectivity index (χ3n) is 2.76. The highest BCUT2D eigenvalue weighted by Gasteiger charge is 2.26. The first-order valence-corrected chi connectivity index (χ1v) is 5.76. The zero-order valence-electron chi connectivity index (χ0n) is 10.5. The molecule has 0 saturated carbocycles. The van der Waals surface area contributed by atoms with Gasteiger partial charge in [-0.3, -0.25) is 4.79 Å². The SMILES string of the molecule is O=C(O)c1ccc(CC(C(=O)O)c2ccc(C(=O)O)o2)o1. The lowest BCUT2D eigenvalue weighted by Gasteiger charge is -2.07. The van der Waals surface area contributed by atoms with E-state index in [1.165, 1.54) is 18.2 Å². The molecule has 0 fully saturated rings. The first-order valence-electron chi connectivity index (χ1n) is 5.76. The van der Waals surface area contributed by atoms with Gasteiger partial charge in [0, 0.05) is 6.42 Å². The minimum absolute atomic E-state index is 0.0480. The molecule has 8 heteroatoms. The summed E-state index contributed by atoms with van der Waals surface area (Å²) in [4.78, 5) is 32.7. The van der Waals surface area contributed by atoms with Crippen molar-refractivity contribution < 1.29 is 38.5 Å². The molecule has 1 unspecified atom stereocenters. The van der Waals surface area contributed by atoms with Gasteiger partial charge in [-0.05, 0) is 24.3 Å². The fraction of sp³-hybridized carbons (Fsp3) is 0.154. The monoisotopic (exact) mass is 294 g/mol. The molecule has 0 amide bonds. The molecular formula is C13H10O8. The van der Waals surface area contributed by atoms with Crippen molar-refractivity contribution in [3.8, 4) is 0 Å². The van der Waals surface area contributed by atoms with Gasteiger partial charge >= 0.3 is 17.9 Å². The Hall–Kier alpha value is -3.03. The van der Waals surface area contributed by atoms with E-state index in [2.05, 4.69) is 0 Å². The lowest BCUT2D eigenvalue weighted by molar-refractivity contribution is -0.139. The molecule has 0 bridgehead atoms. The smallest absolute Gasteiger partial charge is 0.371 e. The van der Waals surface area contributed by atoms with Crippen LogP contribution in [0.4, 0.5) is 0 Å². The molecule has 0 spiro atoms. The Morgan fingerprint density at radius 2 is 1.48 bits per heavy atom. The predicted octanol–water partition coefficient (Wildman–Crippen LogP) is 1.68. The molecule has 0 radical (unpaired) electrons. The van der Waals surface area contributed by atoms with Crippen LogP contribution in [-0.4, -0.2) is 33.2 Å². The lowest BCUT2D eigenvalue weighted by atomic mass is 10.0. The molecule has 0 aliphatic carbocycles. The van der Waals surface area contributed by atoms with Gasteiger partial charge < -0.3 is 24.2 Å². The number of hydrogen-bond acceptors (Lipinski definition) is 5. The van der Waals surface area contributed by atoms with E-state index in [1.807, 2.05) is 0 Å². The molecule has 0 saturated heterocycles. The molecule has 0 aromatic carbocycles. The Balaban J connectivity index is 2.24. The highest BCUT2D eigenvalue weighted by Crippen LogP contribution is 2.24. The average Bonchev–Trinajstić information content (AvgIpc) is 3.04. The average molecular weight is 294 g/mol. The minimum atomic E-state index is -1.31. The molecule has 2 rings (SSSR count). The predicted molar refractivity (Wildman–Crippen MR) is 65.4 cm³/mol. The first-order chi connectivity index (χ1) is 9.88. The van der Waals surface area contributed by atoms with E-state index in [9.17, 15) is 19.5 Å². The van der Waals surface area contributed by atoms with Crippen LogP contribution in [0.3, 0.4) is 0 Å². The van der Waals surface area contributed by atoms with Gasteiger partial charge in [0.15, 0.2) is 0 Å². The van der Waals surface area contributed by atoms with E-state index in [-0.39, 0.29) is 29.5 Å². The minimum Gasteiger partial charge on any atom is -0.481 e. The van der Waals surface area contributed by atoms with Crippen LogP contribution in [0.2, 0.25) is 0 Å². The number of carboxylic acid groups (broad SMARTS) is 3. The zero-order chi connectivity index (χ0) is 15.6. The van der Waals surface area contributed by atoms with Crippen LogP contribution in [-0.2, 0) is 11.2 Å². The van der Waals surface area contributed by atoms with E-state index in [1.54, 1.807) is 0 Å². The van der Waals surface area contributed by atoms with Crippen molar-refractivity contribution in [1.82, 2.24) is 0 Å². The molecule has 21 heavy (non-hydrogen) atoms. The summed E-state index contributed by atoms with van der Waals surface area (Å²) in [5.41, 5.74) is 0. The van der Waals surface area contributed by atoms with Gasteiger partial charge in [0.2, 0.25) is 11.5 Å². The number of aliphatic carboxylic acids is 1. The maximum atomic E-state index is 11.3. The quantitative estimate of drug-likeness (QED) is 0.731. The number of carboxylic acids is 3. The summed E-state index contributed by atoms with van der Waals surface area (Å²) in [5.74, 6) is -5.57.